The maximum atomic E-state index is 9.05. The highest BCUT2D eigenvalue weighted by atomic mass is 35.5. The zero-order valence-electron chi connectivity index (χ0n) is 12.3. The Morgan fingerprint density at radius 2 is 2.27 bits per heavy atom. The van der Waals surface area contributed by atoms with Crippen molar-refractivity contribution in [1.82, 2.24) is 9.97 Å². The van der Waals surface area contributed by atoms with Crippen molar-refractivity contribution in [2.75, 3.05) is 23.3 Å². The van der Waals surface area contributed by atoms with Crippen LogP contribution >= 0.6 is 11.6 Å². The molecule has 1 atom stereocenters. The summed E-state index contributed by atoms with van der Waals surface area (Å²) in [5.41, 5.74) is 2.51. The van der Waals surface area contributed by atoms with E-state index in [4.69, 9.17) is 16.9 Å². The van der Waals surface area contributed by atoms with Gasteiger partial charge in [-0.05, 0) is 37.6 Å². The van der Waals surface area contributed by atoms with E-state index in [0.717, 1.165) is 30.9 Å². The number of hydrogen-bond acceptors (Lipinski definition) is 5. The first-order valence-corrected chi connectivity index (χ1v) is 7.53. The molecule has 3 rings (SSSR count). The van der Waals surface area contributed by atoms with Gasteiger partial charge in [-0.2, -0.15) is 5.26 Å². The average Bonchev–Trinajstić information content (AvgIpc) is 2.95. The lowest BCUT2D eigenvalue weighted by Crippen LogP contribution is -2.26. The predicted molar refractivity (Wildman–Crippen MR) is 87.2 cm³/mol. The van der Waals surface area contributed by atoms with Gasteiger partial charge in [0.1, 0.15) is 0 Å². The quantitative estimate of drug-likeness (QED) is 0.943. The molecule has 1 fully saturated rings. The van der Waals surface area contributed by atoms with Crippen LogP contribution in [0.5, 0.6) is 0 Å². The summed E-state index contributed by atoms with van der Waals surface area (Å²) in [4.78, 5) is 10.8. The van der Waals surface area contributed by atoms with Crippen LogP contribution in [0.2, 0.25) is 5.02 Å². The second-order valence-electron chi connectivity index (χ2n) is 5.41. The molecule has 1 aromatic heterocycles. The van der Waals surface area contributed by atoms with Crippen LogP contribution in [0.3, 0.4) is 0 Å². The van der Waals surface area contributed by atoms with Gasteiger partial charge in [0.25, 0.3) is 0 Å². The maximum Gasteiger partial charge on any atom is 0.223 e. The summed E-state index contributed by atoms with van der Waals surface area (Å²) in [5, 5.41) is 13.0. The Balaban J connectivity index is 1.70. The van der Waals surface area contributed by atoms with Crippen molar-refractivity contribution in [1.29, 1.82) is 5.26 Å². The Kier molecular flexibility index (Phi) is 4.12. The first-order valence-electron chi connectivity index (χ1n) is 7.16. The molecule has 1 aliphatic rings. The minimum atomic E-state index is 0.284. The van der Waals surface area contributed by atoms with Gasteiger partial charge in [0.15, 0.2) is 0 Å². The second kappa shape index (κ2) is 6.20. The van der Waals surface area contributed by atoms with Crippen molar-refractivity contribution in [2.24, 2.45) is 0 Å². The van der Waals surface area contributed by atoms with Crippen LogP contribution in [0.1, 0.15) is 17.7 Å². The molecular weight excluding hydrogens is 298 g/mol. The number of nitrogens with zero attached hydrogens (tertiary/aromatic N) is 4. The zero-order valence-corrected chi connectivity index (χ0v) is 13.0. The summed E-state index contributed by atoms with van der Waals surface area (Å²) in [6.45, 7) is 3.69. The van der Waals surface area contributed by atoms with Crippen molar-refractivity contribution < 1.29 is 0 Å². The fourth-order valence-electron chi connectivity index (χ4n) is 2.63. The van der Waals surface area contributed by atoms with Crippen molar-refractivity contribution in [3.05, 3.63) is 46.7 Å². The summed E-state index contributed by atoms with van der Waals surface area (Å²) < 4.78 is 0. The highest BCUT2D eigenvalue weighted by molar-refractivity contribution is 6.31. The third-order valence-corrected chi connectivity index (χ3v) is 3.91. The summed E-state index contributed by atoms with van der Waals surface area (Å²) in [6, 6.07) is 9.75. The lowest BCUT2D eigenvalue weighted by Gasteiger charge is -2.19. The fraction of sp³-hybridized carbons (Fsp3) is 0.312. The number of hydrogen-bond donors (Lipinski definition) is 1. The van der Waals surface area contributed by atoms with Gasteiger partial charge in [-0.15, -0.1) is 0 Å². The van der Waals surface area contributed by atoms with Gasteiger partial charge in [0.2, 0.25) is 5.95 Å². The number of anilines is 2. The molecule has 6 heteroatoms. The van der Waals surface area contributed by atoms with Crippen LogP contribution in [0.4, 0.5) is 11.6 Å². The standard InChI is InChI=1S/C16H16ClN5/c1-11-2-4-19-16(20-11)21-14-3-5-22(10-14)15-7-12(9-18)6-13(17)8-15/h2,4,6-8,14H,3,5,10H2,1H3,(H,19,20,21). The molecule has 0 aliphatic carbocycles. The van der Waals surface area contributed by atoms with Gasteiger partial charge in [-0.1, -0.05) is 11.6 Å². The summed E-state index contributed by atoms with van der Waals surface area (Å²) in [5.74, 6) is 0.663. The second-order valence-corrected chi connectivity index (χ2v) is 5.84. The smallest absolute Gasteiger partial charge is 0.223 e. The topological polar surface area (TPSA) is 64.8 Å². The van der Waals surface area contributed by atoms with Crippen LogP contribution in [0, 0.1) is 18.3 Å². The number of halogens is 1. The van der Waals surface area contributed by atoms with E-state index in [0.29, 0.717) is 16.5 Å². The van der Waals surface area contributed by atoms with Gasteiger partial charge in [0, 0.05) is 41.7 Å². The lowest BCUT2D eigenvalue weighted by molar-refractivity contribution is 0.790. The first kappa shape index (κ1) is 14.6. The van der Waals surface area contributed by atoms with E-state index in [1.807, 2.05) is 25.1 Å². The summed E-state index contributed by atoms with van der Waals surface area (Å²) in [6.07, 6.45) is 2.75. The number of aromatic nitrogens is 2. The Morgan fingerprint density at radius 3 is 3.05 bits per heavy atom. The van der Waals surface area contributed by atoms with Crippen LogP contribution in [0.25, 0.3) is 0 Å². The third-order valence-electron chi connectivity index (χ3n) is 3.69. The Labute approximate surface area is 134 Å². The molecule has 1 aromatic carbocycles. The molecular formula is C16H16ClN5. The summed E-state index contributed by atoms with van der Waals surface area (Å²) >= 11 is 6.08. The lowest BCUT2D eigenvalue weighted by atomic mass is 10.2. The van der Waals surface area contributed by atoms with Gasteiger partial charge in [0.05, 0.1) is 11.6 Å². The van der Waals surface area contributed by atoms with Crippen molar-refractivity contribution >= 4 is 23.2 Å². The van der Waals surface area contributed by atoms with E-state index in [2.05, 4.69) is 26.3 Å². The Bertz CT molecular complexity index is 725. The predicted octanol–water partition coefficient (Wildman–Crippen LogP) is 3.00. The molecule has 0 amide bonds. The molecule has 1 unspecified atom stereocenters. The monoisotopic (exact) mass is 313 g/mol. The van der Waals surface area contributed by atoms with Gasteiger partial charge in [-0.25, -0.2) is 9.97 Å². The van der Waals surface area contributed by atoms with E-state index in [9.17, 15) is 0 Å². The molecule has 1 saturated heterocycles. The number of aryl methyl sites for hydroxylation is 1. The average molecular weight is 314 g/mol. The number of benzene rings is 1. The third kappa shape index (κ3) is 3.29. The molecule has 112 valence electrons. The normalized spacial score (nSPS) is 17.3. The molecule has 1 aliphatic heterocycles. The van der Waals surface area contributed by atoms with Crippen LogP contribution in [0.15, 0.2) is 30.5 Å². The van der Waals surface area contributed by atoms with E-state index in [1.54, 1.807) is 12.3 Å². The molecule has 5 nitrogen and oxygen atoms in total. The van der Waals surface area contributed by atoms with E-state index < -0.39 is 0 Å². The molecule has 0 spiro atoms. The van der Waals surface area contributed by atoms with Gasteiger partial charge >= 0.3 is 0 Å². The maximum absolute atomic E-state index is 9.05. The van der Waals surface area contributed by atoms with Gasteiger partial charge in [-0.3, -0.25) is 0 Å². The minimum absolute atomic E-state index is 0.284. The molecule has 2 aromatic rings. The van der Waals surface area contributed by atoms with Crippen molar-refractivity contribution in [3.8, 4) is 6.07 Å². The first-order chi connectivity index (χ1) is 10.6. The van der Waals surface area contributed by atoms with Crippen LogP contribution < -0.4 is 10.2 Å². The largest absolute Gasteiger partial charge is 0.369 e. The highest BCUT2D eigenvalue weighted by Gasteiger charge is 2.23. The van der Waals surface area contributed by atoms with Crippen LogP contribution in [-0.4, -0.2) is 29.1 Å². The zero-order chi connectivity index (χ0) is 15.5. The number of nitriles is 1. The van der Waals surface area contributed by atoms with E-state index in [-0.39, 0.29) is 6.04 Å². The Morgan fingerprint density at radius 1 is 1.41 bits per heavy atom. The molecule has 0 bridgehead atoms. The minimum Gasteiger partial charge on any atom is -0.369 e. The van der Waals surface area contributed by atoms with E-state index in [1.165, 1.54) is 0 Å². The highest BCUT2D eigenvalue weighted by Crippen LogP contribution is 2.26. The van der Waals surface area contributed by atoms with Gasteiger partial charge < -0.3 is 10.2 Å². The van der Waals surface area contributed by atoms with Crippen molar-refractivity contribution in [3.63, 3.8) is 0 Å². The van der Waals surface area contributed by atoms with E-state index >= 15 is 0 Å². The van der Waals surface area contributed by atoms with Crippen molar-refractivity contribution in [2.45, 2.75) is 19.4 Å². The molecule has 22 heavy (non-hydrogen) atoms. The SMILES string of the molecule is Cc1ccnc(NC2CCN(c3cc(Cl)cc(C#N)c3)C2)n1. The molecule has 1 N–H and O–H groups in total. The number of nitrogens with one attached hydrogen (secondary N) is 1. The van der Waals surface area contributed by atoms with Crippen LogP contribution in [-0.2, 0) is 0 Å². The number of rotatable bonds is 3. The molecule has 0 saturated carbocycles. The molecule has 2 heterocycles. The Hall–Kier alpha value is -2.32. The molecule has 0 radical (unpaired) electrons. The fourth-order valence-corrected chi connectivity index (χ4v) is 2.86. The summed E-state index contributed by atoms with van der Waals surface area (Å²) in [7, 11) is 0.